The van der Waals surface area contributed by atoms with E-state index in [2.05, 4.69) is 5.10 Å². The van der Waals surface area contributed by atoms with Gasteiger partial charge < -0.3 is 5.11 Å². The van der Waals surface area contributed by atoms with Gasteiger partial charge in [0.25, 0.3) is 0 Å². The van der Waals surface area contributed by atoms with Gasteiger partial charge in [0, 0.05) is 18.7 Å². The minimum atomic E-state index is -1.16. The second kappa shape index (κ2) is 5.52. The number of carboxylic acid groups (broad SMARTS) is 1. The van der Waals surface area contributed by atoms with E-state index in [-0.39, 0.29) is 17.8 Å². The Kier molecular flexibility index (Phi) is 3.79. The third-order valence-electron chi connectivity index (χ3n) is 2.68. The summed E-state index contributed by atoms with van der Waals surface area (Å²) in [5, 5.41) is 12.4. The minimum absolute atomic E-state index is 0.147. The third-order valence-corrected chi connectivity index (χ3v) is 2.68. The number of nitrogens with zero attached hydrogens (tertiary/aromatic N) is 3. The zero-order valence-corrected chi connectivity index (χ0v) is 10.7. The summed E-state index contributed by atoms with van der Waals surface area (Å²) < 4.78 is 16.1. The largest absolute Gasteiger partial charge is 0.478 e. The van der Waals surface area contributed by atoms with Crippen molar-refractivity contribution in [1.29, 1.82) is 0 Å². The molecule has 0 amide bonds. The number of hydrogen-bond acceptors (Lipinski definition) is 3. The fraction of sp³-hybridized carbons (Fsp3) is 0.154. The van der Waals surface area contributed by atoms with E-state index in [0.29, 0.717) is 5.56 Å². The molecule has 0 spiro atoms. The molecule has 0 saturated carbocycles. The van der Waals surface area contributed by atoms with Gasteiger partial charge in [-0.1, -0.05) is 6.07 Å². The summed E-state index contributed by atoms with van der Waals surface area (Å²) in [6, 6.07) is 4.23. The van der Waals surface area contributed by atoms with Crippen LogP contribution in [0.4, 0.5) is 4.39 Å². The predicted molar refractivity (Wildman–Crippen MR) is 69.6 cm³/mol. The maximum Gasteiger partial charge on any atom is 0.345 e. The zero-order valence-electron chi connectivity index (χ0n) is 10.7. The summed E-state index contributed by atoms with van der Waals surface area (Å²) in [4.78, 5) is 22.1. The number of aryl methyl sites for hydroxylation is 1. The lowest BCUT2D eigenvalue weighted by molar-refractivity contribution is -0.131. The molecular weight excluding hydrogens is 265 g/mol. The molecule has 7 heteroatoms. The molecule has 0 aliphatic carbocycles. The van der Waals surface area contributed by atoms with E-state index in [1.807, 2.05) is 0 Å². The van der Waals surface area contributed by atoms with Crippen LogP contribution in [0.1, 0.15) is 11.1 Å². The normalized spacial score (nSPS) is 11.1. The highest BCUT2D eigenvalue weighted by molar-refractivity contribution is 5.85. The number of benzene rings is 1. The average molecular weight is 277 g/mol. The van der Waals surface area contributed by atoms with Crippen LogP contribution in [0.2, 0.25) is 0 Å². The first-order valence-corrected chi connectivity index (χ1v) is 5.75. The molecule has 6 nitrogen and oxygen atoms in total. The van der Waals surface area contributed by atoms with Crippen molar-refractivity contribution in [2.24, 2.45) is 7.05 Å². The van der Waals surface area contributed by atoms with E-state index >= 15 is 0 Å². The number of halogens is 1. The quantitative estimate of drug-likeness (QED) is 0.841. The molecule has 104 valence electrons. The number of hydrogen-bond donors (Lipinski definition) is 1. The molecule has 0 unspecified atom stereocenters. The van der Waals surface area contributed by atoms with Crippen LogP contribution in [0.5, 0.6) is 0 Å². The Morgan fingerprint density at radius 2 is 2.25 bits per heavy atom. The molecule has 1 N–H and O–H groups in total. The lowest BCUT2D eigenvalue weighted by Crippen LogP contribution is -2.23. The highest BCUT2D eigenvalue weighted by Crippen LogP contribution is 2.13. The SMILES string of the molecule is Cn1cnn(Cc2ccc(F)c(/C=C/C(=O)O)c2)c1=O. The van der Waals surface area contributed by atoms with Gasteiger partial charge in [-0.3, -0.25) is 4.57 Å². The van der Waals surface area contributed by atoms with Crippen molar-refractivity contribution in [1.82, 2.24) is 14.3 Å². The monoisotopic (exact) mass is 277 g/mol. The van der Waals surface area contributed by atoms with Crippen molar-refractivity contribution in [2.45, 2.75) is 6.54 Å². The minimum Gasteiger partial charge on any atom is -0.478 e. The van der Waals surface area contributed by atoms with Crippen molar-refractivity contribution < 1.29 is 14.3 Å². The van der Waals surface area contributed by atoms with E-state index in [1.165, 1.54) is 39.9 Å². The number of aromatic nitrogens is 3. The predicted octanol–water partition coefficient (Wildman–Crippen LogP) is 0.867. The Morgan fingerprint density at radius 1 is 1.50 bits per heavy atom. The molecule has 20 heavy (non-hydrogen) atoms. The summed E-state index contributed by atoms with van der Waals surface area (Å²) in [7, 11) is 1.58. The first-order valence-electron chi connectivity index (χ1n) is 5.75. The number of carboxylic acids is 1. The molecule has 2 rings (SSSR count). The molecule has 0 saturated heterocycles. The Bertz CT molecular complexity index is 731. The van der Waals surface area contributed by atoms with Crippen LogP contribution in [-0.2, 0) is 18.4 Å². The van der Waals surface area contributed by atoms with Gasteiger partial charge in [0.05, 0.1) is 6.54 Å². The van der Waals surface area contributed by atoms with Crippen LogP contribution in [-0.4, -0.2) is 25.4 Å². The van der Waals surface area contributed by atoms with Crippen LogP contribution in [0.3, 0.4) is 0 Å². The third kappa shape index (κ3) is 3.00. The van der Waals surface area contributed by atoms with E-state index in [9.17, 15) is 14.0 Å². The Balaban J connectivity index is 2.30. The molecule has 0 fully saturated rings. The summed E-state index contributed by atoms with van der Waals surface area (Å²) in [5.74, 6) is -1.68. The van der Waals surface area contributed by atoms with Gasteiger partial charge in [-0.05, 0) is 23.8 Å². The zero-order chi connectivity index (χ0) is 14.7. The molecule has 0 bridgehead atoms. The summed E-state index contributed by atoms with van der Waals surface area (Å²) in [5.41, 5.74) is 0.517. The molecular formula is C13H12FN3O3. The first-order chi connectivity index (χ1) is 9.47. The van der Waals surface area contributed by atoms with Gasteiger partial charge in [0.15, 0.2) is 0 Å². The van der Waals surface area contributed by atoms with Crippen LogP contribution in [0, 0.1) is 5.82 Å². The second-order valence-corrected chi connectivity index (χ2v) is 4.21. The fourth-order valence-corrected chi connectivity index (χ4v) is 1.68. The number of aliphatic carboxylic acids is 1. The van der Waals surface area contributed by atoms with Gasteiger partial charge in [-0.25, -0.2) is 18.7 Å². The molecule has 2 aromatic rings. The Hall–Kier alpha value is -2.70. The lowest BCUT2D eigenvalue weighted by atomic mass is 10.1. The smallest absolute Gasteiger partial charge is 0.345 e. The maximum atomic E-state index is 13.5. The topological polar surface area (TPSA) is 77.1 Å². The fourth-order valence-electron chi connectivity index (χ4n) is 1.68. The molecule has 0 atom stereocenters. The van der Waals surface area contributed by atoms with Crippen molar-refractivity contribution in [2.75, 3.05) is 0 Å². The van der Waals surface area contributed by atoms with Gasteiger partial charge in [-0.2, -0.15) is 5.10 Å². The highest BCUT2D eigenvalue weighted by atomic mass is 19.1. The molecule has 0 radical (unpaired) electrons. The maximum absolute atomic E-state index is 13.5. The summed E-state index contributed by atoms with van der Waals surface area (Å²) >= 11 is 0. The van der Waals surface area contributed by atoms with Crippen LogP contribution >= 0.6 is 0 Å². The van der Waals surface area contributed by atoms with Crippen LogP contribution in [0.25, 0.3) is 6.08 Å². The van der Waals surface area contributed by atoms with Crippen molar-refractivity contribution >= 4 is 12.0 Å². The van der Waals surface area contributed by atoms with Gasteiger partial charge in [0.1, 0.15) is 12.1 Å². The molecule has 1 aromatic heterocycles. The van der Waals surface area contributed by atoms with Crippen LogP contribution in [0.15, 0.2) is 35.4 Å². The van der Waals surface area contributed by atoms with Crippen molar-refractivity contribution in [3.63, 3.8) is 0 Å². The molecule has 0 aliphatic heterocycles. The van der Waals surface area contributed by atoms with Crippen molar-refractivity contribution in [3.05, 3.63) is 58.0 Å². The molecule has 1 heterocycles. The Labute approximate surface area is 113 Å². The standard InChI is InChI=1S/C13H12FN3O3/c1-16-8-15-17(13(16)20)7-9-2-4-11(14)10(6-9)3-5-12(18)19/h2-6,8H,7H2,1H3,(H,18,19)/b5-3+. The van der Waals surface area contributed by atoms with E-state index < -0.39 is 11.8 Å². The van der Waals surface area contributed by atoms with Gasteiger partial charge in [0.2, 0.25) is 0 Å². The summed E-state index contributed by atoms with van der Waals surface area (Å²) in [6.45, 7) is 0.188. The summed E-state index contributed by atoms with van der Waals surface area (Å²) in [6.07, 6.45) is 3.41. The lowest BCUT2D eigenvalue weighted by Gasteiger charge is -2.03. The number of rotatable bonds is 4. The van der Waals surface area contributed by atoms with E-state index in [1.54, 1.807) is 7.05 Å². The van der Waals surface area contributed by atoms with Crippen molar-refractivity contribution in [3.8, 4) is 0 Å². The first kappa shape index (κ1) is 13.7. The highest BCUT2D eigenvalue weighted by Gasteiger charge is 2.05. The van der Waals surface area contributed by atoms with E-state index in [0.717, 1.165) is 6.08 Å². The molecule has 0 aliphatic rings. The number of carbonyl (C=O) groups is 1. The Morgan fingerprint density at radius 3 is 2.85 bits per heavy atom. The van der Waals surface area contributed by atoms with Crippen LogP contribution < -0.4 is 5.69 Å². The average Bonchev–Trinajstić information content (AvgIpc) is 2.71. The van der Waals surface area contributed by atoms with Gasteiger partial charge >= 0.3 is 11.7 Å². The molecule has 1 aromatic carbocycles. The second-order valence-electron chi connectivity index (χ2n) is 4.21. The van der Waals surface area contributed by atoms with Gasteiger partial charge in [-0.15, -0.1) is 0 Å². The van der Waals surface area contributed by atoms with E-state index in [4.69, 9.17) is 5.11 Å².